The Labute approximate surface area is 343 Å². The van der Waals surface area contributed by atoms with Gasteiger partial charge in [-0.05, 0) is 120 Å². The van der Waals surface area contributed by atoms with Crippen LogP contribution in [0.2, 0.25) is 0 Å². The van der Waals surface area contributed by atoms with Gasteiger partial charge in [-0.25, -0.2) is 0 Å². The van der Waals surface area contributed by atoms with E-state index in [2.05, 4.69) is 219 Å². The lowest BCUT2D eigenvalue weighted by atomic mass is 9.81. The number of hydrogen-bond acceptors (Lipinski definition) is 2. The van der Waals surface area contributed by atoms with E-state index in [9.17, 15) is 0 Å². The van der Waals surface area contributed by atoms with Crippen LogP contribution in [0.15, 0.2) is 205 Å². The van der Waals surface area contributed by atoms with E-state index >= 15 is 0 Å². The van der Waals surface area contributed by atoms with Crippen molar-refractivity contribution in [1.82, 2.24) is 0 Å². The highest BCUT2D eigenvalue weighted by molar-refractivity contribution is 6.17. The van der Waals surface area contributed by atoms with Gasteiger partial charge in [-0.1, -0.05) is 166 Å². The Morgan fingerprint density at radius 2 is 1.00 bits per heavy atom. The Morgan fingerprint density at radius 3 is 1.83 bits per heavy atom. The molecule has 0 aliphatic heterocycles. The molecule has 59 heavy (non-hydrogen) atoms. The molecule has 278 valence electrons. The highest BCUT2D eigenvalue weighted by Gasteiger charge is 2.39. The van der Waals surface area contributed by atoms with Crippen molar-refractivity contribution >= 4 is 71.3 Å². The molecule has 2 heteroatoms. The first-order valence-electron chi connectivity index (χ1n) is 20.5. The molecule has 0 bridgehead atoms. The summed E-state index contributed by atoms with van der Waals surface area (Å²) in [5.41, 5.74) is 15.0. The van der Waals surface area contributed by atoms with Gasteiger partial charge in [0.25, 0.3) is 0 Å². The third kappa shape index (κ3) is 5.06. The Kier molecular flexibility index (Phi) is 7.31. The predicted molar refractivity (Wildman–Crippen MR) is 249 cm³/mol. The molecule has 0 atom stereocenters. The van der Waals surface area contributed by atoms with Crippen LogP contribution >= 0.6 is 0 Å². The molecule has 0 spiro atoms. The second-order valence-corrected chi connectivity index (χ2v) is 16.4. The molecule has 0 saturated heterocycles. The van der Waals surface area contributed by atoms with E-state index in [4.69, 9.17) is 4.42 Å². The normalized spacial score (nSPS) is 13.1. The SMILES string of the molecule is CC1(C)c2ccccc2-c2cccc(N(c3ccc(-c4cc5ccccc5c5ccccc45)cc3)c3ccccc3-c3cccc4oc5cc6ccccc6cc5c34)c21. The van der Waals surface area contributed by atoms with Gasteiger partial charge in [0.05, 0.1) is 11.4 Å². The zero-order valence-electron chi connectivity index (χ0n) is 32.9. The van der Waals surface area contributed by atoms with Crippen LogP contribution in [0.1, 0.15) is 25.0 Å². The fourth-order valence-corrected chi connectivity index (χ4v) is 10.1. The number of hydrogen-bond donors (Lipinski definition) is 0. The summed E-state index contributed by atoms with van der Waals surface area (Å²) in [5, 5.41) is 9.69. The maximum Gasteiger partial charge on any atom is 0.136 e. The van der Waals surface area contributed by atoms with Gasteiger partial charge >= 0.3 is 0 Å². The number of anilines is 3. The summed E-state index contributed by atoms with van der Waals surface area (Å²) in [5.74, 6) is 0. The van der Waals surface area contributed by atoms with Crippen molar-refractivity contribution in [3.05, 3.63) is 211 Å². The first-order chi connectivity index (χ1) is 29.0. The van der Waals surface area contributed by atoms with Gasteiger partial charge in [0.15, 0.2) is 0 Å². The first kappa shape index (κ1) is 33.7. The van der Waals surface area contributed by atoms with Gasteiger partial charge in [-0.15, -0.1) is 0 Å². The van der Waals surface area contributed by atoms with Crippen LogP contribution in [0.25, 0.3) is 87.6 Å². The highest BCUT2D eigenvalue weighted by Crippen LogP contribution is 2.55. The van der Waals surface area contributed by atoms with Crippen LogP contribution in [0.3, 0.4) is 0 Å². The average molecular weight is 754 g/mol. The molecule has 0 amide bonds. The van der Waals surface area contributed by atoms with Crippen molar-refractivity contribution in [2.75, 3.05) is 4.90 Å². The van der Waals surface area contributed by atoms with Crippen molar-refractivity contribution < 1.29 is 4.42 Å². The van der Waals surface area contributed by atoms with Crippen LogP contribution in [-0.4, -0.2) is 0 Å². The predicted octanol–water partition coefficient (Wildman–Crippen LogP) is 16.2. The Hall–Kier alpha value is -7.42. The molecule has 2 nitrogen and oxygen atoms in total. The lowest BCUT2D eigenvalue weighted by molar-refractivity contribution is 0.661. The minimum Gasteiger partial charge on any atom is -0.456 e. The summed E-state index contributed by atoms with van der Waals surface area (Å²) in [6, 6.07) is 73.2. The molecule has 10 aromatic carbocycles. The standard InChI is InChI=1S/C57H39NO/c1-57(2)50-25-11-9-21-44(50)47-24-13-27-52(56(47)57)58(40-31-29-36(30-32-40)48-34-39-17-5-6-18-41(39)42-19-7-8-20-43(42)48)51-26-12-10-22-45(51)46-23-14-28-53-55(46)49-33-37-15-3-4-16-38(37)35-54(49)59-53/h3-35H,1-2H3. The number of furan rings is 1. The van der Waals surface area contributed by atoms with Crippen LogP contribution in [0.4, 0.5) is 17.1 Å². The molecule has 1 aliphatic carbocycles. The molecule has 1 aliphatic rings. The summed E-state index contributed by atoms with van der Waals surface area (Å²) >= 11 is 0. The van der Waals surface area contributed by atoms with Gasteiger partial charge in [-0.3, -0.25) is 0 Å². The topological polar surface area (TPSA) is 16.4 Å². The largest absolute Gasteiger partial charge is 0.456 e. The number of nitrogens with zero attached hydrogens (tertiary/aromatic N) is 1. The van der Waals surface area contributed by atoms with Gasteiger partial charge in [0.2, 0.25) is 0 Å². The molecule has 1 heterocycles. The van der Waals surface area contributed by atoms with Crippen molar-refractivity contribution in [2.24, 2.45) is 0 Å². The van der Waals surface area contributed by atoms with E-state index in [1.165, 1.54) is 71.4 Å². The molecule has 0 unspecified atom stereocenters. The van der Waals surface area contributed by atoms with Crippen LogP contribution in [0, 0.1) is 0 Å². The number of para-hydroxylation sites is 1. The Bertz CT molecular complexity index is 3480. The molecular formula is C57H39NO. The van der Waals surface area contributed by atoms with Gasteiger partial charge in [0, 0.05) is 27.4 Å². The summed E-state index contributed by atoms with van der Waals surface area (Å²) in [4.78, 5) is 2.50. The second kappa shape index (κ2) is 12.8. The number of fused-ring (bicyclic) bond motifs is 10. The smallest absolute Gasteiger partial charge is 0.136 e. The van der Waals surface area contributed by atoms with Gasteiger partial charge in [0.1, 0.15) is 11.2 Å². The summed E-state index contributed by atoms with van der Waals surface area (Å²) < 4.78 is 6.61. The molecule has 1 aromatic heterocycles. The maximum atomic E-state index is 6.61. The number of rotatable bonds is 5. The molecule has 12 rings (SSSR count). The van der Waals surface area contributed by atoms with Crippen LogP contribution < -0.4 is 4.90 Å². The van der Waals surface area contributed by atoms with E-state index in [1.807, 2.05) is 0 Å². The summed E-state index contributed by atoms with van der Waals surface area (Å²) in [6.45, 7) is 4.75. The second-order valence-electron chi connectivity index (χ2n) is 16.4. The summed E-state index contributed by atoms with van der Waals surface area (Å²) in [6.07, 6.45) is 0. The zero-order chi connectivity index (χ0) is 39.2. The summed E-state index contributed by atoms with van der Waals surface area (Å²) in [7, 11) is 0. The average Bonchev–Trinajstić information content (AvgIpc) is 3.77. The molecular weight excluding hydrogens is 715 g/mol. The third-order valence-corrected chi connectivity index (χ3v) is 12.8. The molecule has 0 fully saturated rings. The van der Waals surface area contributed by atoms with E-state index in [1.54, 1.807) is 0 Å². The molecule has 0 saturated carbocycles. The monoisotopic (exact) mass is 753 g/mol. The van der Waals surface area contributed by atoms with Gasteiger partial charge < -0.3 is 9.32 Å². The van der Waals surface area contributed by atoms with Crippen molar-refractivity contribution in [1.29, 1.82) is 0 Å². The highest BCUT2D eigenvalue weighted by atomic mass is 16.3. The van der Waals surface area contributed by atoms with Gasteiger partial charge in [-0.2, -0.15) is 0 Å². The van der Waals surface area contributed by atoms with Crippen LogP contribution in [0.5, 0.6) is 0 Å². The Balaban J connectivity index is 1.10. The van der Waals surface area contributed by atoms with E-state index < -0.39 is 0 Å². The van der Waals surface area contributed by atoms with Crippen LogP contribution in [-0.2, 0) is 5.41 Å². The zero-order valence-corrected chi connectivity index (χ0v) is 32.9. The quantitative estimate of drug-likeness (QED) is 0.163. The lowest BCUT2D eigenvalue weighted by Crippen LogP contribution is -2.21. The van der Waals surface area contributed by atoms with E-state index in [0.717, 1.165) is 44.4 Å². The third-order valence-electron chi connectivity index (χ3n) is 12.8. The fraction of sp³-hybridized carbons (Fsp3) is 0.0526. The van der Waals surface area contributed by atoms with E-state index in [-0.39, 0.29) is 5.41 Å². The van der Waals surface area contributed by atoms with Crippen molar-refractivity contribution in [3.63, 3.8) is 0 Å². The van der Waals surface area contributed by atoms with Crippen molar-refractivity contribution in [2.45, 2.75) is 19.3 Å². The molecule has 0 N–H and O–H groups in total. The minimum absolute atomic E-state index is 0.221. The maximum absolute atomic E-state index is 6.61. The lowest BCUT2D eigenvalue weighted by Gasteiger charge is -2.33. The van der Waals surface area contributed by atoms with Crippen molar-refractivity contribution in [3.8, 4) is 33.4 Å². The number of benzene rings is 10. The van der Waals surface area contributed by atoms with E-state index in [0.29, 0.717) is 0 Å². The molecule has 11 aromatic rings. The Morgan fingerprint density at radius 1 is 0.390 bits per heavy atom. The molecule has 0 radical (unpaired) electrons. The fourth-order valence-electron chi connectivity index (χ4n) is 10.1. The first-order valence-corrected chi connectivity index (χ1v) is 20.5. The minimum atomic E-state index is -0.221.